The van der Waals surface area contributed by atoms with Crippen molar-refractivity contribution in [2.45, 2.75) is 31.3 Å². The highest BCUT2D eigenvalue weighted by Crippen LogP contribution is 2.44. The zero-order chi connectivity index (χ0) is 10.5. The maximum atomic E-state index is 12.9. The molecule has 1 fully saturated rings. The summed E-state index contributed by atoms with van der Waals surface area (Å²) < 4.78 is 18.7. The first-order chi connectivity index (χ1) is 7.19. The van der Waals surface area contributed by atoms with Crippen LogP contribution in [-0.2, 0) is 0 Å². The second kappa shape index (κ2) is 2.81. The van der Waals surface area contributed by atoms with Crippen LogP contribution in [0.5, 0.6) is 5.75 Å². The van der Waals surface area contributed by atoms with Crippen LogP contribution in [0.15, 0.2) is 18.2 Å². The zero-order valence-corrected chi connectivity index (χ0v) is 8.25. The molecule has 1 saturated carbocycles. The molecule has 2 nitrogen and oxygen atoms in total. The van der Waals surface area contributed by atoms with Crippen LogP contribution >= 0.6 is 0 Å². The topological polar surface area (TPSA) is 26.3 Å². The maximum Gasteiger partial charge on any atom is 0.170 e. The van der Waals surface area contributed by atoms with Crippen LogP contribution in [0, 0.1) is 5.82 Å². The molecule has 0 saturated heterocycles. The Morgan fingerprint density at radius 3 is 2.80 bits per heavy atom. The molecule has 3 heteroatoms. The highest BCUT2D eigenvalue weighted by Gasteiger charge is 2.45. The Labute approximate surface area is 87.0 Å². The smallest absolute Gasteiger partial charge is 0.170 e. The summed E-state index contributed by atoms with van der Waals surface area (Å²) in [6.45, 7) is 0. The van der Waals surface area contributed by atoms with Gasteiger partial charge >= 0.3 is 0 Å². The van der Waals surface area contributed by atoms with Crippen LogP contribution < -0.4 is 4.74 Å². The number of halogens is 1. The van der Waals surface area contributed by atoms with Gasteiger partial charge < -0.3 is 4.74 Å². The van der Waals surface area contributed by atoms with Gasteiger partial charge in [0.2, 0.25) is 0 Å². The summed E-state index contributed by atoms with van der Waals surface area (Å²) in [7, 11) is 0. The van der Waals surface area contributed by atoms with Gasteiger partial charge in [0.1, 0.15) is 17.2 Å². The summed E-state index contributed by atoms with van der Waals surface area (Å²) in [6, 6.07) is 4.16. The number of Topliss-reactive ketones (excluding diaryl/α,β-unsaturated/α-hetero) is 1. The van der Waals surface area contributed by atoms with E-state index in [1.54, 1.807) is 6.07 Å². The molecule has 1 aromatic rings. The fourth-order valence-corrected chi connectivity index (χ4v) is 2.32. The van der Waals surface area contributed by atoms with Gasteiger partial charge in [-0.05, 0) is 37.5 Å². The molecule has 2 aliphatic rings. The zero-order valence-electron chi connectivity index (χ0n) is 8.25. The Morgan fingerprint density at radius 2 is 2.13 bits per heavy atom. The average Bonchev–Trinajstić information content (AvgIpc) is 2.16. The molecule has 0 unspecified atom stereocenters. The Balaban J connectivity index is 2.04. The first-order valence-corrected chi connectivity index (χ1v) is 5.20. The fraction of sp³-hybridized carbons (Fsp3) is 0.417. The van der Waals surface area contributed by atoms with Gasteiger partial charge in [-0.15, -0.1) is 0 Å². The fourth-order valence-electron chi connectivity index (χ4n) is 2.32. The van der Waals surface area contributed by atoms with E-state index in [-0.39, 0.29) is 17.2 Å². The summed E-state index contributed by atoms with van der Waals surface area (Å²) in [5.74, 6) is 0.179. The Hall–Kier alpha value is -1.38. The van der Waals surface area contributed by atoms with E-state index in [2.05, 4.69) is 0 Å². The van der Waals surface area contributed by atoms with E-state index in [4.69, 9.17) is 4.74 Å². The molecule has 0 bridgehead atoms. The van der Waals surface area contributed by atoms with Crippen LogP contribution in [0.2, 0.25) is 0 Å². The second-order valence-corrected chi connectivity index (χ2v) is 4.38. The van der Waals surface area contributed by atoms with Crippen molar-refractivity contribution < 1.29 is 13.9 Å². The molecule has 78 valence electrons. The lowest BCUT2D eigenvalue weighted by molar-refractivity contribution is -0.0178. The highest BCUT2D eigenvalue weighted by molar-refractivity contribution is 6.00. The molecule has 0 radical (unpaired) electrons. The van der Waals surface area contributed by atoms with E-state index in [0.29, 0.717) is 17.7 Å². The first-order valence-electron chi connectivity index (χ1n) is 5.20. The predicted molar refractivity (Wildman–Crippen MR) is 52.6 cm³/mol. The van der Waals surface area contributed by atoms with E-state index in [0.717, 1.165) is 19.3 Å². The van der Waals surface area contributed by atoms with Crippen molar-refractivity contribution in [3.63, 3.8) is 0 Å². The first kappa shape index (κ1) is 8.89. The van der Waals surface area contributed by atoms with Gasteiger partial charge in [-0.2, -0.15) is 0 Å². The number of benzene rings is 1. The number of fused-ring (bicyclic) bond motifs is 1. The minimum atomic E-state index is -0.379. The van der Waals surface area contributed by atoms with Crippen molar-refractivity contribution in [1.82, 2.24) is 0 Å². The van der Waals surface area contributed by atoms with Crippen LogP contribution in [0.4, 0.5) is 4.39 Å². The number of ether oxygens (including phenoxy) is 1. The number of hydrogen-bond donors (Lipinski definition) is 0. The molecule has 1 aliphatic heterocycles. The summed E-state index contributed by atoms with van der Waals surface area (Å²) in [5.41, 5.74) is 0.134. The van der Waals surface area contributed by atoms with Crippen molar-refractivity contribution in [3.8, 4) is 5.75 Å². The minimum Gasteiger partial charge on any atom is -0.486 e. The number of rotatable bonds is 0. The van der Waals surface area contributed by atoms with Gasteiger partial charge in [0.25, 0.3) is 0 Å². The third-order valence-corrected chi connectivity index (χ3v) is 3.32. The molecule has 0 atom stereocenters. The quantitative estimate of drug-likeness (QED) is 0.652. The van der Waals surface area contributed by atoms with Crippen LogP contribution in [0.1, 0.15) is 36.0 Å². The van der Waals surface area contributed by atoms with Crippen LogP contribution in [-0.4, -0.2) is 11.4 Å². The van der Waals surface area contributed by atoms with E-state index in [1.807, 2.05) is 0 Å². The largest absolute Gasteiger partial charge is 0.486 e. The summed E-state index contributed by atoms with van der Waals surface area (Å²) in [6.07, 6.45) is 3.40. The summed E-state index contributed by atoms with van der Waals surface area (Å²) in [5, 5.41) is 0. The Bertz CT molecular complexity index is 435. The summed E-state index contributed by atoms with van der Waals surface area (Å²) >= 11 is 0. The highest BCUT2D eigenvalue weighted by atomic mass is 19.1. The summed E-state index contributed by atoms with van der Waals surface area (Å²) in [4.78, 5) is 11.8. The Morgan fingerprint density at radius 1 is 1.33 bits per heavy atom. The SMILES string of the molecule is O=C1CC2(CCC2)Oc2ccc(F)cc21. The number of carbonyl (C=O) groups excluding carboxylic acids is 1. The van der Waals surface area contributed by atoms with Gasteiger partial charge in [-0.3, -0.25) is 4.79 Å². The lowest BCUT2D eigenvalue weighted by Crippen LogP contribution is -2.47. The van der Waals surface area contributed by atoms with E-state index >= 15 is 0 Å². The van der Waals surface area contributed by atoms with Gasteiger partial charge in [-0.1, -0.05) is 0 Å². The van der Waals surface area contributed by atoms with Gasteiger partial charge in [0.15, 0.2) is 5.78 Å². The molecule has 0 aromatic heterocycles. The van der Waals surface area contributed by atoms with Crippen LogP contribution in [0.25, 0.3) is 0 Å². The van der Waals surface area contributed by atoms with Crippen molar-refractivity contribution in [1.29, 1.82) is 0 Å². The monoisotopic (exact) mass is 206 g/mol. The van der Waals surface area contributed by atoms with E-state index in [1.165, 1.54) is 12.1 Å². The number of ketones is 1. The molecule has 1 aliphatic carbocycles. The van der Waals surface area contributed by atoms with E-state index in [9.17, 15) is 9.18 Å². The number of carbonyl (C=O) groups is 1. The van der Waals surface area contributed by atoms with E-state index < -0.39 is 0 Å². The molecule has 3 rings (SSSR count). The molecular weight excluding hydrogens is 195 g/mol. The third kappa shape index (κ3) is 1.26. The van der Waals surface area contributed by atoms with Crippen molar-refractivity contribution in [3.05, 3.63) is 29.6 Å². The molecular formula is C12H11FO2. The van der Waals surface area contributed by atoms with Crippen molar-refractivity contribution in [2.75, 3.05) is 0 Å². The van der Waals surface area contributed by atoms with Gasteiger partial charge in [0.05, 0.1) is 12.0 Å². The normalized spacial score (nSPS) is 21.8. The standard InChI is InChI=1S/C12H11FO2/c13-8-2-3-11-9(6-8)10(14)7-12(15-11)4-1-5-12/h2-3,6H,1,4-5,7H2. The lowest BCUT2D eigenvalue weighted by Gasteiger charge is -2.44. The van der Waals surface area contributed by atoms with Crippen molar-refractivity contribution in [2.24, 2.45) is 0 Å². The second-order valence-electron chi connectivity index (χ2n) is 4.38. The Kier molecular flexibility index (Phi) is 1.67. The molecule has 1 heterocycles. The number of hydrogen-bond acceptors (Lipinski definition) is 2. The minimum absolute atomic E-state index is 0.00968. The molecule has 0 N–H and O–H groups in total. The van der Waals surface area contributed by atoms with Crippen LogP contribution in [0.3, 0.4) is 0 Å². The third-order valence-electron chi connectivity index (χ3n) is 3.32. The maximum absolute atomic E-state index is 12.9. The molecule has 0 amide bonds. The lowest BCUT2D eigenvalue weighted by atomic mass is 9.74. The van der Waals surface area contributed by atoms with Crippen molar-refractivity contribution >= 4 is 5.78 Å². The van der Waals surface area contributed by atoms with Gasteiger partial charge in [0, 0.05) is 0 Å². The molecule has 1 spiro atoms. The average molecular weight is 206 g/mol. The molecule has 15 heavy (non-hydrogen) atoms. The van der Waals surface area contributed by atoms with Gasteiger partial charge in [-0.25, -0.2) is 4.39 Å². The molecule has 1 aromatic carbocycles. The predicted octanol–water partition coefficient (Wildman–Crippen LogP) is 2.71.